The van der Waals surface area contributed by atoms with Gasteiger partial charge >= 0.3 is 12.1 Å². The normalized spacial score (nSPS) is 14.2. The number of aliphatic hydroxyl groups is 1. The van der Waals surface area contributed by atoms with Crippen molar-refractivity contribution >= 4 is 29.8 Å². The Morgan fingerprint density at radius 3 is 1.85 bits per heavy atom. The largest absolute Gasteiger partial charge is 0.467 e. The van der Waals surface area contributed by atoms with Gasteiger partial charge in [-0.25, -0.2) is 9.59 Å². The number of alkyl carbamates (subject to hydrolysis) is 1. The maximum absolute atomic E-state index is 13.0. The number of esters is 1. The molecule has 0 fully saturated rings. The van der Waals surface area contributed by atoms with Crippen LogP contribution in [0.4, 0.5) is 4.79 Å². The number of amides is 4. The van der Waals surface area contributed by atoms with E-state index in [9.17, 15) is 29.1 Å². The molecular formula is C35H50N4O8. The van der Waals surface area contributed by atoms with Crippen LogP contribution >= 0.6 is 0 Å². The number of benzene rings is 2. The van der Waals surface area contributed by atoms with E-state index in [4.69, 9.17) is 9.47 Å². The standard InChI is InChI=1S/C35H50N4O8/c1-22(2)30(33(43)39-31(23(3)4)34(44)46-6)38-29(41)19-13-18-28(40)27(20-25-14-9-7-10-15-25)37-32(42)24(5)36-35(45)47-21-26-16-11-8-12-17-26/h7-12,14-17,22-24,27-28,30-31,40H,13,18-21H2,1-6H3,(H,36,45)(H,37,42)(H,38,41)(H,39,43)/t24-,27-,28-,30?,31?/m0/s1. The molecule has 0 saturated heterocycles. The van der Waals surface area contributed by atoms with Crippen LogP contribution in [0.2, 0.25) is 0 Å². The molecule has 2 rings (SSSR count). The third-order valence-electron chi connectivity index (χ3n) is 7.62. The van der Waals surface area contributed by atoms with Crippen molar-refractivity contribution in [1.29, 1.82) is 0 Å². The Labute approximate surface area is 277 Å². The Morgan fingerprint density at radius 1 is 0.723 bits per heavy atom. The van der Waals surface area contributed by atoms with Crippen LogP contribution in [-0.2, 0) is 41.7 Å². The van der Waals surface area contributed by atoms with E-state index < -0.39 is 54.1 Å². The molecule has 12 heteroatoms. The van der Waals surface area contributed by atoms with Crippen molar-refractivity contribution < 1.29 is 38.6 Å². The number of hydrogen-bond donors (Lipinski definition) is 5. The molecule has 0 radical (unpaired) electrons. The van der Waals surface area contributed by atoms with Crippen LogP contribution < -0.4 is 21.3 Å². The van der Waals surface area contributed by atoms with Gasteiger partial charge in [0, 0.05) is 6.42 Å². The molecule has 0 aliphatic rings. The molecule has 0 aliphatic heterocycles. The lowest BCUT2D eigenvalue weighted by molar-refractivity contribution is -0.146. The second-order valence-corrected chi connectivity index (χ2v) is 12.2. The van der Waals surface area contributed by atoms with E-state index in [0.717, 1.165) is 11.1 Å². The highest BCUT2D eigenvalue weighted by Crippen LogP contribution is 2.13. The lowest BCUT2D eigenvalue weighted by Crippen LogP contribution is -2.55. The van der Waals surface area contributed by atoms with Crippen LogP contribution in [0.15, 0.2) is 60.7 Å². The van der Waals surface area contributed by atoms with Crippen molar-refractivity contribution in [3.05, 3.63) is 71.8 Å². The number of carbonyl (C=O) groups excluding carboxylic acids is 5. The van der Waals surface area contributed by atoms with Crippen LogP contribution in [0.5, 0.6) is 0 Å². The van der Waals surface area contributed by atoms with Gasteiger partial charge in [0.05, 0.1) is 19.3 Å². The molecule has 12 nitrogen and oxygen atoms in total. The number of hydrogen-bond acceptors (Lipinski definition) is 8. The predicted molar refractivity (Wildman–Crippen MR) is 177 cm³/mol. The van der Waals surface area contributed by atoms with Crippen molar-refractivity contribution in [2.45, 2.75) is 97.2 Å². The van der Waals surface area contributed by atoms with Crippen LogP contribution in [0.3, 0.4) is 0 Å². The van der Waals surface area contributed by atoms with Crippen molar-refractivity contribution in [2.75, 3.05) is 7.11 Å². The van der Waals surface area contributed by atoms with E-state index in [1.807, 2.05) is 60.7 Å². The fourth-order valence-electron chi connectivity index (χ4n) is 4.79. The first-order chi connectivity index (χ1) is 22.3. The SMILES string of the molecule is COC(=O)C(NC(=O)C(NC(=O)CCC[C@H](O)[C@H](Cc1ccccc1)NC(=O)[C@H](C)NC(=O)OCc1ccccc1)C(C)C)C(C)C. The molecule has 5 atom stereocenters. The van der Waals surface area contributed by atoms with Gasteiger partial charge in [-0.1, -0.05) is 88.4 Å². The molecule has 4 amide bonds. The molecule has 0 aromatic heterocycles. The Morgan fingerprint density at radius 2 is 1.30 bits per heavy atom. The van der Waals surface area contributed by atoms with Gasteiger partial charge in [-0.15, -0.1) is 0 Å². The number of aliphatic hydroxyl groups excluding tert-OH is 1. The summed E-state index contributed by atoms with van der Waals surface area (Å²) in [6.45, 7) is 8.70. The second kappa shape index (κ2) is 19.9. The van der Waals surface area contributed by atoms with Gasteiger partial charge in [0.1, 0.15) is 24.7 Å². The van der Waals surface area contributed by atoms with E-state index in [0.29, 0.717) is 6.42 Å². The van der Waals surface area contributed by atoms with E-state index in [-0.39, 0.29) is 43.6 Å². The number of carbonyl (C=O) groups is 5. The van der Waals surface area contributed by atoms with Gasteiger partial charge in [0.2, 0.25) is 17.7 Å². The first-order valence-corrected chi connectivity index (χ1v) is 16.0. The van der Waals surface area contributed by atoms with Gasteiger partial charge in [-0.05, 0) is 49.1 Å². The zero-order valence-corrected chi connectivity index (χ0v) is 28.2. The minimum atomic E-state index is -1.01. The average molecular weight is 655 g/mol. The Balaban J connectivity index is 1.96. The molecule has 2 aromatic carbocycles. The molecule has 258 valence electrons. The van der Waals surface area contributed by atoms with E-state index in [1.54, 1.807) is 27.7 Å². The number of nitrogens with one attached hydrogen (secondary N) is 4. The molecule has 0 aliphatic carbocycles. The predicted octanol–water partition coefficient (Wildman–Crippen LogP) is 3.01. The smallest absolute Gasteiger partial charge is 0.408 e. The third kappa shape index (κ3) is 13.8. The van der Waals surface area contributed by atoms with E-state index in [1.165, 1.54) is 14.0 Å². The highest BCUT2D eigenvalue weighted by Gasteiger charge is 2.31. The first-order valence-electron chi connectivity index (χ1n) is 16.0. The van der Waals surface area contributed by atoms with Gasteiger partial charge in [-0.2, -0.15) is 0 Å². The maximum atomic E-state index is 13.0. The van der Waals surface area contributed by atoms with Crippen LogP contribution in [0.1, 0.15) is 65.0 Å². The first kappa shape index (κ1) is 38.7. The van der Waals surface area contributed by atoms with Crippen LogP contribution in [0, 0.1) is 11.8 Å². The van der Waals surface area contributed by atoms with Crippen molar-refractivity contribution in [3.63, 3.8) is 0 Å². The van der Waals surface area contributed by atoms with Gasteiger partial charge in [0.15, 0.2) is 0 Å². The number of ether oxygens (including phenoxy) is 2. The lowest BCUT2D eigenvalue weighted by atomic mass is 9.97. The summed E-state index contributed by atoms with van der Waals surface area (Å²) < 4.78 is 10.0. The topological polar surface area (TPSA) is 172 Å². The fraction of sp³-hybridized carbons (Fsp3) is 0.514. The highest BCUT2D eigenvalue weighted by molar-refractivity contribution is 5.91. The van der Waals surface area contributed by atoms with E-state index >= 15 is 0 Å². The molecule has 0 spiro atoms. The van der Waals surface area contributed by atoms with Crippen LogP contribution in [0.25, 0.3) is 0 Å². The van der Waals surface area contributed by atoms with Crippen molar-refractivity contribution in [2.24, 2.45) is 11.8 Å². The Hall–Kier alpha value is -4.45. The summed E-state index contributed by atoms with van der Waals surface area (Å²) in [5.41, 5.74) is 1.69. The van der Waals surface area contributed by atoms with Crippen molar-refractivity contribution in [3.8, 4) is 0 Å². The van der Waals surface area contributed by atoms with Crippen LogP contribution in [-0.4, -0.2) is 72.3 Å². The molecular weight excluding hydrogens is 604 g/mol. The summed E-state index contributed by atoms with van der Waals surface area (Å²) in [5, 5.41) is 21.9. The zero-order valence-electron chi connectivity index (χ0n) is 28.2. The maximum Gasteiger partial charge on any atom is 0.408 e. The lowest BCUT2D eigenvalue weighted by Gasteiger charge is -2.27. The monoisotopic (exact) mass is 654 g/mol. The van der Waals surface area contributed by atoms with E-state index in [2.05, 4.69) is 21.3 Å². The zero-order chi connectivity index (χ0) is 34.9. The molecule has 0 saturated carbocycles. The molecule has 0 bridgehead atoms. The molecule has 0 heterocycles. The summed E-state index contributed by atoms with van der Waals surface area (Å²) in [6.07, 6.45) is -0.964. The number of methoxy groups -OCH3 is 1. The molecule has 2 aromatic rings. The Kier molecular flexibility index (Phi) is 16.4. The van der Waals surface area contributed by atoms with Gasteiger partial charge in [0.25, 0.3) is 0 Å². The molecule has 2 unspecified atom stereocenters. The highest BCUT2D eigenvalue weighted by atomic mass is 16.5. The summed E-state index contributed by atoms with van der Waals surface area (Å²) in [7, 11) is 1.25. The summed E-state index contributed by atoms with van der Waals surface area (Å²) in [6, 6.07) is 15.1. The van der Waals surface area contributed by atoms with Crippen molar-refractivity contribution in [1.82, 2.24) is 21.3 Å². The minimum absolute atomic E-state index is 0.0232. The average Bonchev–Trinajstić information content (AvgIpc) is 3.04. The third-order valence-corrected chi connectivity index (χ3v) is 7.62. The fourth-order valence-corrected chi connectivity index (χ4v) is 4.79. The van der Waals surface area contributed by atoms with Gasteiger partial charge in [-0.3, -0.25) is 14.4 Å². The quantitative estimate of drug-likeness (QED) is 0.153. The molecule has 5 N–H and O–H groups in total. The minimum Gasteiger partial charge on any atom is -0.467 e. The Bertz CT molecular complexity index is 1290. The number of rotatable bonds is 18. The summed E-state index contributed by atoms with van der Waals surface area (Å²) in [5.74, 6) is -2.42. The summed E-state index contributed by atoms with van der Waals surface area (Å²) >= 11 is 0. The second-order valence-electron chi connectivity index (χ2n) is 12.2. The molecule has 47 heavy (non-hydrogen) atoms. The van der Waals surface area contributed by atoms with Gasteiger partial charge < -0.3 is 35.8 Å². The summed E-state index contributed by atoms with van der Waals surface area (Å²) in [4.78, 5) is 63.3.